The van der Waals surface area contributed by atoms with Gasteiger partial charge in [-0.1, -0.05) is 6.07 Å². The summed E-state index contributed by atoms with van der Waals surface area (Å²) in [6.45, 7) is 7.90. The van der Waals surface area contributed by atoms with Crippen LogP contribution in [0.3, 0.4) is 0 Å². The SMILES string of the molecule is Cc1nc2n(c1C)CCN(CC(=O)NCCc1cccs1)C2. The summed E-state index contributed by atoms with van der Waals surface area (Å²) >= 11 is 1.73. The van der Waals surface area contributed by atoms with E-state index < -0.39 is 0 Å². The Balaban J connectivity index is 1.46. The van der Waals surface area contributed by atoms with Crippen molar-refractivity contribution >= 4 is 17.2 Å². The van der Waals surface area contributed by atoms with Gasteiger partial charge in [0.1, 0.15) is 5.82 Å². The maximum absolute atomic E-state index is 12.0. The summed E-state index contributed by atoms with van der Waals surface area (Å²) < 4.78 is 2.26. The molecule has 22 heavy (non-hydrogen) atoms. The number of imidazole rings is 1. The van der Waals surface area contributed by atoms with E-state index in [0.717, 1.165) is 37.6 Å². The quantitative estimate of drug-likeness (QED) is 0.913. The minimum atomic E-state index is 0.102. The fraction of sp³-hybridized carbons (Fsp3) is 0.500. The smallest absolute Gasteiger partial charge is 0.234 e. The molecular formula is C16H22N4OS. The summed E-state index contributed by atoms with van der Waals surface area (Å²) in [6, 6.07) is 4.15. The molecule has 0 fully saturated rings. The van der Waals surface area contributed by atoms with Crippen molar-refractivity contribution in [3.8, 4) is 0 Å². The molecule has 118 valence electrons. The number of carbonyl (C=O) groups excluding carboxylic acids is 1. The molecule has 1 aliphatic heterocycles. The summed E-state index contributed by atoms with van der Waals surface area (Å²) in [7, 11) is 0. The number of aryl methyl sites for hydroxylation is 1. The summed E-state index contributed by atoms with van der Waals surface area (Å²) in [5, 5.41) is 5.07. The van der Waals surface area contributed by atoms with Gasteiger partial charge >= 0.3 is 0 Å². The number of amides is 1. The van der Waals surface area contributed by atoms with Crippen LogP contribution in [0.5, 0.6) is 0 Å². The molecule has 1 aliphatic rings. The Hall–Kier alpha value is -1.66. The number of rotatable bonds is 5. The molecule has 1 amide bonds. The molecule has 3 heterocycles. The summed E-state index contributed by atoms with van der Waals surface area (Å²) in [6.07, 6.45) is 0.909. The van der Waals surface area contributed by atoms with E-state index in [0.29, 0.717) is 13.1 Å². The molecule has 5 nitrogen and oxygen atoms in total. The number of carbonyl (C=O) groups is 1. The number of fused-ring (bicyclic) bond motifs is 1. The van der Waals surface area contributed by atoms with Crippen molar-refractivity contribution in [2.45, 2.75) is 33.4 Å². The topological polar surface area (TPSA) is 50.2 Å². The highest BCUT2D eigenvalue weighted by Gasteiger charge is 2.21. The number of aromatic nitrogens is 2. The average molecular weight is 318 g/mol. The third-order valence-electron chi connectivity index (χ3n) is 4.18. The first kappa shape index (κ1) is 15.2. The fourth-order valence-corrected chi connectivity index (χ4v) is 3.54. The van der Waals surface area contributed by atoms with E-state index in [9.17, 15) is 4.79 Å². The van der Waals surface area contributed by atoms with Gasteiger partial charge in [0.25, 0.3) is 0 Å². The zero-order valence-electron chi connectivity index (χ0n) is 13.1. The van der Waals surface area contributed by atoms with Gasteiger partial charge in [-0.3, -0.25) is 9.69 Å². The van der Waals surface area contributed by atoms with Gasteiger partial charge in [-0.15, -0.1) is 11.3 Å². The van der Waals surface area contributed by atoms with E-state index in [4.69, 9.17) is 0 Å². The first-order valence-electron chi connectivity index (χ1n) is 7.67. The molecule has 2 aromatic heterocycles. The highest BCUT2D eigenvalue weighted by molar-refractivity contribution is 7.09. The van der Waals surface area contributed by atoms with Crippen LogP contribution in [-0.2, 0) is 24.3 Å². The molecule has 0 atom stereocenters. The fourth-order valence-electron chi connectivity index (χ4n) is 2.84. The lowest BCUT2D eigenvalue weighted by molar-refractivity contribution is -0.122. The monoisotopic (exact) mass is 318 g/mol. The van der Waals surface area contributed by atoms with Gasteiger partial charge < -0.3 is 9.88 Å². The van der Waals surface area contributed by atoms with Gasteiger partial charge in [0, 0.05) is 30.2 Å². The number of nitrogens with one attached hydrogen (secondary N) is 1. The molecule has 0 bridgehead atoms. The Morgan fingerprint density at radius 1 is 1.41 bits per heavy atom. The van der Waals surface area contributed by atoms with Crippen molar-refractivity contribution in [3.05, 3.63) is 39.6 Å². The normalized spacial score (nSPS) is 14.8. The molecule has 0 aromatic carbocycles. The second-order valence-electron chi connectivity index (χ2n) is 5.74. The Labute approximate surface area is 135 Å². The first-order valence-corrected chi connectivity index (χ1v) is 8.55. The lowest BCUT2D eigenvalue weighted by Gasteiger charge is -2.27. The molecular weight excluding hydrogens is 296 g/mol. The van der Waals surface area contributed by atoms with Crippen molar-refractivity contribution in [1.82, 2.24) is 19.8 Å². The molecule has 0 saturated heterocycles. The maximum Gasteiger partial charge on any atom is 0.234 e. The van der Waals surface area contributed by atoms with Crippen molar-refractivity contribution in [3.63, 3.8) is 0 Å². The lowest BCUT2D eigenvalue weighted by Crippen LogP contribution is -2.42. The highest BCUT2D eigenvalue weighted by atomic mass is 32.1. The minimum absolute atomic E-state index is 0.102. The molecule has 0 spiro atoms. The third kappa shape index (κ3) is 3.39. The Morgan fingerprint density at radius 3 is 3.05 bits per heavy atom. The number of nitrogens with zero attached hydrogens (tertiary/aromatic N) is 3. The summed E-state index contributed by atoms with van der Waals surface area (Å²) in [5.74, 6) is 1.18. The lowest BCUT2D eigenvalue weighted by atomic mass is 10.3. The van der Waals surface area contributed by atoms with Gasteiger partial charge in [0.2, 0.25) is 5.91 Å². The van der Waals surface area contributed by atoms with Crippen molar-refractivity contribution in [2.75, 3.05) is 19.6 Å². The van der Waals surface area contributed by atoms with Crippen LogP contribution in [0.4, 0.5) is 0 Å². The van der Waals surface area contributed by atoms with Crippen LogP contribution in [0.2, 0.25) is 0 Å². The average Bonchev–Trinajstić information content (AvgIpc) is 3.08. The molecule has 0 aliphatic carbocycles. The minimum Gasteiger partial charge on any atom is -0.355 e. The third-order valence-corrected chi connectivity index (χ3v) is 5.12. The van der Waals surface area contributed by atoms with E-state index in [1.165, 1.54) is 10.6 Å². The van der Waals surface area contributed by atoms with E-state index in [2.05, 4.69) is 38.1 Å². The van der Waals surface area contributed by atoms with E-state index in [-0.39, 0.29) is 5.91 Å². The van der Waals surface area contributed by atoms with Crippen molar-refractivity contribution < 1.29 is 4.79 Å². The highest BCUT2D eigenvalue weighted by Crippen LogP contribution is 2.16. The van der Waals surface area contributed by atoms with Crippen molar-refractivity contribution in [2.24, 2.45) is 0 Å². The van der Waals surface area contributed by atoms with Crippen LogP contribution in [0.25, 0.3) is 0 Å². The van der Waals surface area contributed by atoms with E-state index in [1.54, 1.807) is 11.3 Å². The number of hydrogen-bond acceptors (Lipinski definition) is 4. The van der Waals surface area contributed by atoms with Gasteiger partial charge in [0.15, 0.2) is 0 Å². The second kappa shape index (κ2) is 6.62. The molecule has 0 unspecified atom stereocenters. The van der Waals surface area contributed by atoms with Gasteiger partial charge in [0.05, 0.1) is 18.8 Å². The zero-order valence-corrected chi connectivity index (χ0v) is 13.9. The maximum atomic E-state index is 12.0. The Kier molecular flexibility index (Phi) is 4.59. The zero-order chi connectivity index (χ0) is 15.5. The molecule has 6 heteroatoms. The predicted molar refractivity (Wildman–Crippen MR) is 88.0 cm³/mol. The number of hydrogen-bond donors (Lipinski definition) is 1. The van der Waals surface area contributed by atoms with Crippen LogP contribution in [0, 0.1) is 13.8 Å². The molecule has 0 radical (unpaired) electrons. The van der Waals surface area contributed by atoms with Crippen LogP contribution >= 0.6 is 11.3 Å². The molecule has 3 rings (SSSR count). The number of thiophene rings is 1. The van der Waals surface area contributed by atoms with Crippen LogP contribution in [0.15, 0.2) is 17.5 Å². The van der Waals surface area contributed by atoms with Gasteiger partial charge in [-0.05, 0) is 31.7 Å². The van der Waals surface area contributed by atoms with Crippen LogP contribution < -0.4 is 5.32 Å². The molecule has 1 N–H and O–H groups in total. The first-order chi connectivity index (χ1) is 10.6. The van der Waals surface area contributed by atoms with Gasteiger partial charge in [-0.25, -0.2) is 4.98 Å². The van der Waals surface area contributed by atoms with E-state index in [1.807, 2.05) is 13.0 Å². The van der Waals surface area contributed by atoms with E-state index >= 15 is 0 Å². The van der Waals surface area contributed by atoms with Crippen molar-refractivity contribution in [1.29, 1.82) is 0 Å². The van der Waals surface area contributed by atoms with Gasteiger partial charge in [-0.2, -0.15) is 0 Å². The van der Waals surface area contributed by atoms with Crippen LogP contribution in [-0.4, -0.2) is 40.0 Å². The molecule has 0 saturated carbocycles. The Bertz CT molecular complexity index is 647. The summed E-state index contributed by atoms with van der Waals surface area (Å²) in [5.41, 5.74) is 2.34. The summed E-state index contributed by atoms with van der Waals surface area (Å²) in [4.78, 5) is 20.1. The Morgan fingerprint density at radius 2 is 2.27 bits per heavy atom. The largest absolute Gasteiger partial charge is 0.355 e. The second-order valence-corrected chi connectivity index (χ2v) is 6.77. The van der Waals surface area contributed by atoms with Crippen LogP contribution in [0.1, 0.15) is 22.1 Å². The predicted octanol–water partition coefficient (Wildman–Crippen LogP) is 1.74. The standard InChI is InChI=1S/C16H22N4OS/c1-12-13(2)20-8-7-19(10-15(20)18-12)11-16(21)17-6-5-14-4-3-9-22-14/h3-4,9H,5-8,10-11H2,1-2H3,(H,17,21). The molecule has 2 aromatic rings.